The van der Waals surface area contributed by atoms with Crippen LogP contribution in [-0.4, -0.2) is 64.0 Å². The molecule has 8 heteroatoms. The Balaban J connectivity index is 0.000000599. The maximum Gasteiger partial charge on any atom is 0.414 e. The Labute approximate surface area is 224 Å². The van der Waals surface area contributed by atoms with Crippen molar-refractivity contribution in [1.82, 2.24) is 9.80 Å². The van der Waals surface area contributed by atoms with Gasteiger partial charge in [-0.1, -0.05) is 50.2 Å². The molecule has 1 amide bonds. The number of unbranched alkanes of at least 4 members (excludes halogenated alkanes) is 1. The molecule has 0 aliphatic carbocycles. The Morgan fingerprint density at radius 3 is 2.21 bits per heavy atom. The maximum absolute atomic E-state index is 13.7. The van der Waals surface area contributed by atoms with Crippen molar-refractivity contribution in [2.45, 2.75) is 58.4 Å². The minimum Gasteiger partial charge on any atom is -0.473 e. The molecule has 206 valence electrons. The number of aliphatic carboxylic acids is 2. The van der Waals surface area contributed by atoms with Crippen LogP contribution in [-0.2, 0) is 27.2 Å². The van der Waals surface area contributed by atoms with Crippen LogP contribution in [0, 0.1) is 17.7 Å². The van der Waals surface area contributed by atoms with E-state index in [1.165, 1.54) is 18.4 Å². The van der Waals surface area contributed by atoms with E-state index in [0.717, 1.165) is 56.4 Å². The number of nitrogens with zero attached hydrogens (tertiary/aromatic N) is 2. The van der Waals surface area contributed by atoms with Crippen molar-refractivity contribution in [2.75, 3.05) is 26.2 Å². The van der Waals surface area contributed by atoms with Crippen LogP contribution < -0.4 is 0 Å². The number of piperidine rings is 1. The summed E-state index contributed by atoms with van der Waals surface area (Å²) in [6.07, 6.45) is 6.23. The van der Waals surface area contributed by atoms with Crippen molar-refractivity contribution < 1.29 is 29.0 Å². The van der Waals surface area contributed by atoms with Crippen molar-refractivity contribution in [3.8, 4) is 0 Å². The molecule has 4 rings (SSSR count). The van der Waals surface area contributed by atoms with Gasteiger partial charge in [-0.15, -0.1) is 0 Å². The van der Waals surface area contributed by atoms with Gasteiger partial charge in [-0.3, -0.25) is 4.79 Å². The fraction of sp³-hybridized carbons (Fsp3) is 0.500. The van der Waals surface area contributed by atoms with Gasteiger partial charge in [-0.2, -0.15) is 0 Å². The average molecular weight is 527 g/mol. The molecule has 1 fully saturated rings. The Hall–Kier alpha value is -3.26. The summed E-state index contributed by atoms with van der Waals surface area (Å²) in [5, 5.41) is 14.8. The van der Waals surface area contributed by atoms with Crippen LogP contribution >= 0.6 is 0 Å². The fourth-order valence-electron chi connectivity index (χ4n) is 5.54. The first-order valence-corrected chi connectivity index (χ1v) is 13.5. The van der Waals surface area contributed by atoms with Crippen LogP contribution in [0.2, 0.25) is 0 Å². The van der Waals surface area contributed by atoms with Crippen LogP contribution in [0.5, 0.6) is 0 Å². The molecule has 2 N–H and O–H groups in total. The van der Waals surface area contributed by atoms with Crippen LogP contribution in [0.25, 0.3) is 0 Å². The predicted molar refractivity (Wildman–Crippen MR) is 143 cm³/mol. The summed E-state index contributed by atoms with van der Waals surface area (Å²) in [6.45, 7) is 8.21. The predicted octanol–water partition coefficient (Wildman–Crippen LogP) is 4.80. The van der Waals surface area contributed by atoms with E-state index in [-0.39, 0.29) is 17.8 Å². The lowest BCUT2D eigenvalue weighted by atomic mass is 9.84. The quantitative estimate of drug-likeness (QED) is 0.397. The molecular formula is C30H39FN2O5. The monoisotopic (exact) mass is 526 g/mol. The molecule has 0 aromatic heterocycles. The first-order valence-electron chi connectivity index (χ1n) is 13.5. The summed E-state index contributed by atoms with van der Waals surface area (Å²) in [6, 6.07) is 15.9. The third kappa shape index (κ3) is 8.12. The van der Waals surface area contributed by atoms with Crippen LogP contribution in [0.1, 0.15) is 62.3 Å². The van der Waals surface area contributed by atoms with Gasteiger partial charge in [-0.05, 0) is 92.9 Å². The summed E-state index contributed by atoms with van der Waals surface area (Å²) in [5.74, 6) is -3.08. The second kappa shape index (κ2) is 14.0. The molecule has 2 aliphatic heterocycles. The zero-order chi connectivity index (χ0) is 27.7. The van der Waals surface area contributed by atoms with E-state index in [0.29, 0.717) is 18.4 Å². The normalized spacial score (nSPS) is 17.9. The zero-order valence-corrected chi connectivity index (χ0v) is 22.3. The van der Waals surface area contributed by atoms with Crippen LogP contribution in [0.15, 0.2) is 48.5 Å². The van der Waals surface area contributed by atoms with Gasteiger partial charge in [0, 0.05) is 12.5 Å². The lowest BCUT2D eigenvalue weighted by Gasteiger charge is -2.42. The summed E-state index contributed by atoms with van der Waals surface area (Å²) in [5.41, 5.74) is 3.62. The number of amides is 1. The van der Waals surface area contributed by atoms with E-state index in [4.69, 9.17) is 19.8 Å². The molecule has 1 atom stereocenters. The number of rotatable bonds is 7. The van der Waals surface area contributed by atoms with Gasteiger partial charge in [0.15, 0.2) is 0 Å². The summed E-state index contributed by atoms with van der Waals surface area (Å²) in [4.78, 5) is 36.3. The second-order valence-corrected chi connectivity index (χ2v) is 10.5. The zero-order valence-electron chi connectivity index (χ0n) is 22.3. The second-order valence-electron chi connectivity index (χ2n) is 10.5. The van der Waals surface area contributed by atoms with E-state index in [9.17, 15) is 9.18 Å². The standard InChI is InChI=1S/C28H37FN2O.C2H2O4/c1-21(2)27-26-12-11-25(29)20-24(26)15-19-31(27)28(32)23-13-17-30(18-14-23)16-7-6-10-22-8-4-3-5-9-22;3-1(4)2(5)6/h3-5,8-9,11-12,20-21,23,27H,6-7,10,13-19H2,1-2H3;(H,3,4)(H,5,6). The van der Waals surface area contributed by atoms with Crippen molar-refractivity contribution in [2.24, 2.45) is 11.8 Å². The third-order valence-electron chi connectivity index (χ3n) is 7.45. The van der Waals surface area contributed by atoms with E-state index >= 15 is 0 Å². The molecular weight excluding hydrogens is 487 g/mol. The highest BCUT2D eigenvalue weighted by Crippen LogP contribution is 2.37. The summed E-state index contributed by atoms with van der Waals surface area (Å²) >= 11 is 0. The minimum absolute atomic E-state index is 0.0582. The summed E-state index contributed by atoms with van der Waals surface area (Å²) in [7, 11) is 0. The highest BCUT2D eigenvalue weighted by Gasteiger charge is 2.37. The molecule has 38 heavy (non-hydrogen) atoms. The molecule has 0 saturated carbocycles. The Morgan fingerprint density at radius 2 is 1.61 bits per heavy atom. The van der Waals surface area contributed by atoms with Crippen molar-refractivity contribution in [3.05, 3.63) is 71.0 Å². The van der Waals surface area contributed by atoms with Gasteiger partial charge in [-0.25, -0.2) is 14.0 Å². The van der Waals surface area contributed by atoms with Crippen molar-refractivity contribution >= 4 is 17.8 Å². The van der Waals surface area contributed by atoms with Crippen molar-refractivity contribution in [1.29, 1.82) is 0 Å². The fourth-order valence-corrected chi connectivity index (χ4v) is 5.54. The van der Waals surface area contributed by atoms with E-state index in [2.05, 4.69) is 54.0 Å². The Morgan fingerprint density at radius 1 is 0.947 bits per heavy atom. The van der Waals surface area contributed by atoms with Gasteiger partial charge in [0.05, 0.1) is 6.04 Å². The van der Waals surface area contributed by atoms with Gasteiger partial charge >= 0.3 is 11.9 Å². The number of carbonyl (C=O) groups is 3. The molecule has 2 heterocycles. The molecule has 0 spiro atoms. The molecule has 1 unspecified atom stereocenters. The number of likely N-dealkylation sites (tertiary alicyclic amines) is 1. The van der Waals surface area contributed by atoms with Gasteiger partial charge < -0.3 is 20.0 Å². The first-order chi connectivity index (χ1) is 18.2. The van der Waals surface area contributed by atoms with E-state index in [1.807, 2.05) is 6.07 Å². The number of carboxylic acids is 2. The molecule has 2 aliphatic rings. The molecule has 2 aromatic carbocycles. The number of benzene rings is 2. The molecule has 0 radical (unpaired) electrons. The molecule has 2 aromatic rings. The SMILES string of the molecule is CC(C)C1c2ccc(F)cc2CCN1C(=O)C1CCN(CCCCc2ccccc2)CC1.O=C(O)C(=O)O. The number of carboxylic acid groups (broad SMARTS) is 2. The third-order valence-corrected chi connectivity index (χ3v) is 7.45. The molecule has 7 nitrogen and oxygen atoms in total. The van der Waals surface area contributed by atoms with Crippen LogP contribution in [0.4, 0.5) is 4.39 Å². The number of aryl methyl sites for hydroxylation is 1. The van der Waals surface area contributed by atoms with Gasteiger partial charge in [0.1, 0.15) is 5.82 Å². The highest BCUT2D eigenvalue weighted by atomic mass is 19.1. The highest BCUT2D eigenvalue weighted by molar-refractivity contribution is 6.27. The number of hydrogen-bond acceptors (Lipinski definition) is 4. The van der Waals surface area contributed by atoms with E-state index in [1.54, 1.807) is 12.1 Å². The van der Waals surface area contributed by atoms with E-state index < -0.39 is 11.9 Å². The molecule has 0 bridgehead atoms. The number of carbonyl (C=O) groups excluding carboxylic acids is 1. The maximum atomic E-state index is 13.7. The van der Waals surface area contributed by atoms with Crippen LogP contribution in [0.3, 0.4) is 0 Å². The number of fused-ring (bicyclic) bond motifs is 1. The van der Waals surface area contributed by atoms with Gasteiger partial charge in [0.25, 0.3) is 0 Å². The van der Waals surface area contributed by atoms with Crippen molar-refractivity contribution in [3.63, 3.8) is 0 Å². The number of halogens is 1. The van der Waals surface area contributed by atoms with Gasteiger partial charge in [0.2, 0.25) is 5.91 Å². The Kier molecular flexibility index (Phi) is 10.8. The minimum atomic E-state index is -1.82. The smallest absolute Gasteiger partial charge is 0.414 e. The average Bonchev–Trinajstić information content (AvgIpc) is 2.91. The lowest BCUT2D eigenvalue weighted by Crippen LogP contribution is -2.47. The Bertz CT molecular complexity index is 1070. The molecule has 1 saturated heterocycles. The largest absolute Gasteiger partial charge is 0.473 e. The summed E-state index contributed by atoms with van der Waals surface area (Å²) < 4.78 is 13.7. The first kappa shape index (κ1) is 29.3. The topological polar surface area (TPSA) is 98.2 Å². The lowest BCUT2D eigenvalue weighted by molar-refractivity contribution is -0.159. The number of hydrogen-bond donors (Lipinski definition) is 2.